The van der Waals surface area contributed by atoms with E-state index in [4.69, 9.17) is 0 Å². The lowest BCUT2D eigenvalue weighted by atomic mass is 10.1. The molecular weight excluding hydrogens is 398 g/mol. The van der Waals surface area contributed by atoms with Crippen molar-refractivity contribution in [2.45, 2.75) is 20.0 Å². The first-order chi connectivity index (χ1) is 13.8. The molecule has 29 heavy (non-hydrogen) atoms. The number of halogens is 2. The molecule has 2 aromatic carbocycles. The van der Waals surface area contributed by atoms with Crippen molar-refractivity contribution in [3.63, 3.8) is 0 Å². The van der Waals surface area contributed by atoms with Crippen LogP contribution >= 0.6 is 11.3 Å². The first kappa shape index (κ1) is 20.6. The van der Waals surface area contributed by atoms with Gasteiger partial charge in [-0.3, -0.25) is 19.0 Å². The molecule has 0 saturated heterocycles. The molecule has 3 rings (SSSR count). The van der Waals surface area contributed by atoms with E-state index in [2.05, 4.69) is 0 Å². The molecule has 0 aliphatic rings. The van der Waals surface area contributed by atoms with Gasteiger partial charge in [-0.15, -0.1) is 0 Å². The van der Waals surface area contributed by atoms with Gasteiger partial charge in [0.1, 0.15) is 16.5 Å². The lowest BCUT2D eigenvalue weighted by Gasteiger charge is -2.17. The SMILES string of the molecule is Cc1c(C(=O)N(C)Cc2ccc(F)cc2)sc(=O)n1CC(=O)c1ccccc1F. The standard InChI is InChI=1S/C21H18F2N2O3S/c1-13-19(20(27)24(2)11-14-7-9-15(22)10-8-14)29-21(28)25(13)12-18(26)16-5-3-4-6-17(16)23/h3-10H,11-12H2,1-2H3. The molecule has 0 aliphatic carbocycles. The van der Waals surface area contributed by atoms with Crippen molar-refractivity contribution in [3.05, 3.63) is 91.5 Å². The summed E-state index contributed by atoms with van der Waals surface area (Å²) in [5, 5.41) is 0. The van der Waals surface area contributed by atoms with Crippen LogP contribution in [-0.4, -0.2) is 28.2 Å². The molecule has 5 nitrogen and oxygen atoms in total. The van der Waals surface area contributed by atoms with Crippen LogP contribution in [0.5, 0.6) is 0 Å². The summed E-state index contributed by atoms with van der Waals surface area (Å²) in [5.74, 6) is -1.96. The second-order valence-corrected chi connectivity index (χ2v) is 7.52. The highest BCUT2D eigenvalue weighted by atomic mass is 32.1. The number of carbonyl (C=O) groups is 2. The van der Waals surface area contributed by atoms with Crippen molar-refractivity contribution in [1.29, 1.82) is 0 Å². The molecule has 0 N–H and O–H groups in total. The van der Waals surface area contributed by atoms with Crippen LogP contribution in [0.2, 0.25) is 0 Å². The van der Waals surface area contributed by atoms with Gasteiger partial charge in [0.2, 0.25) is 0 Å². The zero-order chi connectivity index (χ0) is 21.1. The van der Waals surface area contributed by atoms with Crippen molar-refractivity contribution >= 4 is 23.0 Å². The fourth-order valence-corrected chi connectivity index (χ4v) is 3.87. The van der Waals surface area contributed by atoms with Gasteiger partial charge >= 0.3 is 4.87 Å². The third kappa shape index (κ3) is 4.48. The Labute approximate surface area is 169 Å². The van der Waals surface area contributed by atoms with Crippen molar-refractivity contribution in [2.75, 3.05) is 7.05 Å². The molecule has 0 bridgehead atoms. The minimum atomic E-state index is -0.659. The Morgan fingerprint density at radius 2 is 1.72 bits per heavy atom. The highest BCUT2D eigenvalue weighted by Crippen LogP contribution is 2.17. The number of nitrogens with zero attached hydrogens (tertiary/aromatic N) is 2. The van der Waals surface area contributed by atoms with Crippen LogP contribution in [0.15, 0.2) is 53.3 Å². The maximum atomic E-state index is 13.8. The number of rotatable bonds is 6. The quantitative estimate of drug-likeness (QED) is 0.577. The van der Waals surface area contributed by atoms with Gasteiger partial charge in [-0.1, -0.05) is 35.6 Å². The number of carbonyl (C=O) groups excluding carboxylic acids is 2. The van der Waals surface area contributed by atoms with Crippen LogP contribution in [0.25, 0.3) is 0 Å². The predicted molar refractivity (Wildman–Crippen MR) is 106 cm³/mol. The van der Waals surface area contributed by atoms with E-state index >= 15 is 0 Å². The summed E-state index contributed by atoms with van der Waals surface area (Å²) in [6.45, 7) is 1.46. The average molecular weight is 416 g/mol. The summed E-state index contributed by atoms with van der Waals surface area (Å²) in [7, 11) is 1.57. The molecule has 1 aromatic heterocycles. The molecule has 150 valence electrons. The highest BCUT2D eigenvalue weighted by Gasteiger charge is 2.23. The molecule has 0 saturated carbocycles. The topological polar surface area (TPSA) is 59.4 Å². The smallest absolute Gasteiger partial charge is 0.308 e. The summed E-state index contributed by atoms with van der Waals surface area (Å²) in [5.41, 5.74) is 0.980. The summed E-state index contributed by atoms with van der Waals surface area (Å²) >= 11 is 0.742. The summed E-state index contributed by atoms with van der Waals surface area (Å²) in [6, 6.07) is 11.3. The van der Waals surface area contributed by atoms with Gasteiger partial charge in [0, 0.05) is 19.3 Å². The summed E-state index contributed by atoms with van der Waals surface area (Å²) in [6.07, 6.45) is 0. The van der Waals surface area contributed by atoms with Crippen LogP contribution in [0, 0.1) is 18.6 Å². The van der Waals surface area contributed by atoms with Crippen molar-refractivity contribution in [1.82, 2.24) is 9.47 Å². The lowest BCUT2D eigenvalue weighted by Crippen LogP contribution is -2.26. The van der Waals surface area contributed by atoms with Gasteiger partial charge in [-0.2, -0.15) is 0 Å². The minimum absolute atomic E-state index is 0.105. The lowest BCUT2D eigenvalue weighted by molar-refractivity contribution is 0.0787. The fraction of sp³-hybridized carbons (Fsp3) is 0.190. The Bertz CT molecular complexity index is 1120. The number of amides is 1. The Kier molecular flexibility index (Phi) is 6.03. The molecule has 0 spiro atoms. The van der Waals surface area contributed by atoms with E-state index < -0.39 is 16.5 Å². The molecule has 3 aromatic rings. The van der Waals surface area contributed by atoms with Gasteiger partial charge in [-0.25, -0.2) is 8.78 Å². The highest BCUT2D eigenvalue weighted by molar-refractivity contribution is 7.11. The normalized spacial score (nSPS) is 10.8. The monoisotopic (exact) mass is 416 g/mol. The number of Topliss-reactive ketones (excluding diaryl/α,β-unsaturated/α-hetero) is 1. The van der Waals surface area contributed by atoms with Crippen LogP contribution < -0.4 is 4.87 Å². The number of hydrogen-bond donors (Lipinski definition) is 0. The Hall–Kier alpha value is -3.13. The van der Waals surface area contributed by atoms with Gasteiger partial charge in [0.15, 0.2) is 5.78 Å². The molecule has 1 heterocycles. The summed E-state index contributed by atoms with van der Waals surface area (Å²) in [4.78, 5) is 38.7. The number of thiazole rings is 1. The molecule has 0 fully saturated rings. The van der Waals surface area contributed by atoms with Crippen LogP contribution in [0.1, 0.15) is 31.3 Å². The third-order valence-electron chi connectivity index (χ3n) is 4.49. The first-order valence-corrected chi connectivity index (χ1v) is 9.57. The number of benzene rings is 2. The third-order valence-corrected chi connectivity index (χ3v) is 5.56. The molecular formula is C21H18F2N2O3S. The Balaban J connectivity index is 1.80. The fourth-order valence-electron chi connectivity index (χ4n) is 2.88. The maximum Gasteiger partial charge on any atom is 0.308 e. The molecule has 0 unspecified atom stereocenters. The van der Waals surface area contributed by atoms with Crippen LogP contribution in [0.4, 0.5) is 8.78 Å². The average Bonchev–Trinajstić information content (AvgIpc) is 2.97. The first-order valence-electron chi connectivity index (χ1n) is 8.75. The van der Waals surface area contributed by atoms with E-state index in [9.17, 15) is 23.2 Å². The molecule has 0 radical (unpaired) electrons. The molecule has 0 aliphatic heterocycles. The second-order valence-electron chi connectivity index (χ2n) is 6.56. The predicted octanol–water partition coefficient (Wildman–Crippen LogP) is 3.65. The zero-order valence-corrected chi connectivity index (χ0v) is 16.6. The van der Waals surface area contributed by atoms with E-state index in [1.165, 1.54) is 39.8 Å². The van der Waals surface area contributed by atoms with Crippen LogP contribution in [0.3, 0.4) is 0 Å². The minimum Gasteiger partial charge on any atom is -0.337 e. The van der Waals surface area contributed by atoms with Crippen molar-refractivity contribution in [2.24, 2.45) is 0 Å². The molecule has 8 heteroatoms. The number of hydrogen-bond acceptors (Lipinski definition) is 4. The van der Waals surface area contributed by atoms with E-state index in [1.807, 2.05) is 0 Å². The maximum absolute atomic E-state index is 13.8. The Morgan fingerprint density at radius 3 is 2.38 bits per heavy atom. The van der Waals surface area contributed by atoms with E-state index in [1.54, 1.807) is 32.2 Å². The van der Waals surface area contributed by atoms with Gasteiger partial charge in [0.25, 0.3) is 5.91 Å². The molecule has 1 amide bonds. The number of aromatic nitrogens is 1. The van der Waals surface area contributed by atoms with Gasteiger partial charge in [-0.05, 0) is 36.8 Å². The summed E-state index contributed by atoms with van der Waals surface area (Å²) < 4.78 is 28.0. The Morgan fingerprint density at radius 1 is 1.07 bits per heavy atom. The van der Waals surface area contributed by atoms with Gasteiger partial charge < -0.3 is 4.90 Å². The number of ketones is 1. The van der Waals surface area contributed by atoms with Crippen molar-refractivity contribution in [3.8, 4) is 0 Å². The van der Waals surface area contributed by atoms with Crippen LogP contribution in [-0.2, 0) is 13.1 Å². The van der Waals surface area contributed by atoms with Crippen molar-refractivity contribution < 1.29 is 18.4 Å². The van der Waals surface area contributed by atoms with E-state index in [-0.39, 0.29) is 35.3 Å². The molecule has 0 atom stereocenters. The largest absolute Gasteiger partial charge is 0.337 e. The second kappa shape index (κ2) is 8.48. The van der Waals surface area contributed by atoms with E-state index in [0.717, 1.165) is 16.9 Å². The van der Waals surface area contributed by atoms with Gasteiger partial charge in [0.05, 0.1) is 12.1 Å². The van der Waals surface area contributed by atoms with E-state index in [0.29, 0.717) is 5.69 Å². The zero-order valence-electron chi connectivity index (χ0n) is 15.8.